The summed E-state index contributed by atoms with van der Waals surface area (Å²) in [6.45, 7) is 2.98. The molecule has 2 aromatic rings. The minimum Gasteiger partial charge on any atom is -0.489 e. The van der Waals surface area contributed by atoms with E-state index in [-0.39, 0.29) is 6.10 Å². The Bertz CT molecular complexity index is 544. The molecule has 20 heavy (non-hydrogen) atoms. The molecule has 103 valence electrons. The summed E-state index contributed by atoms with van der Waals surface area (Å²) >= 11 is 0. The van der Waals surface area contributed by atoms with E-state index in [1.54, 1.807) is 0 Å². The highest BCUT2D eigenvalue weighted by Crippen LogP contribution is 2.25. The molecule has 2 atom stereocenters. The molecule has 0 saturated carbocycles. The third-order valence-corrected chi connectivity index (χ3v) is 3.77. The second-order valence-corrected chi connectivity index (χ2v) is 5.41. The van der Waals surface area contributed by atoms with E-state index in [0.717, 1.165) is 25.1 Å². The molecule has 2 unspecified atom stereocenters. The van der Waals surface area contributed by atoms with Crippen molar-refractivity contribution in [2.45, 2.75) is 31.9 Å². The van der Waals surface area contributed by atoms with E-state index in [4.69, 9.17) is 4.74 Å². The van der Waals surface area contributed by atoms with Crippen LogP contribution in [-0.4, -0.2) is 12.6 Å². The van der Waals surface area contributed by atoms with E-state index in [0.29, 0.717) is 6.04 Å². The largest absolute Gasteiger partial charge is 0.489 e. The van der Waals surface area contributed by atoms with Crippen LogP contribution in [0.15, 0.2) is 48.5 Å². The van der Waals surface area contributed by atoms with E-state index in [1.165, 1.54) is 11.1 Å². The number of rotatable bonds is 3. The van der Waals surface area contributed by atoms with Gasteiger partial charge in [0.2, 0.25) is 0 Å². The molecule has 0 bridgehead atoms. The van der Waals surface area contributed by atoms with Crippen LogP contribution in [0.1, 0.15) is 30.0 Å². The summed E-state index contributed by atoms with van der Waals surface area (Å²) in [6, 6.07) is 20.2. The Hall–Kier alpha value is -1.80. The smallest absolute Gasteiger partial charge is 0.120 e. The molecule has 1 aliphatic rings. The summed E-state index contributed by atoms with van der Waals surface area (Å²) in [5.74, 6) is 0.974. The van der Waals surface area contributed by atoms with Crippen molar-refractivity contribution in [1.29, 1.82) is 0 Å². The van der Waals surface area contributed by atoms with Gasteiger partial charge >= 0.3 is 0 Å². The van der Waals surface area contributed by atoms with Crippen LogP contribution in [0.4, 0.5) is 0 Å². The zero-order chi connectivity index (χ0) is 13.8. The fourth-order valence-corrected chi connectivity index (χ4v) is 2.70. The second kappa shape index (κ2) is 6.10. The maximum atomic E-state index is 6.05. The predicted octanol–water partition coefficient (Wildman–Crippen LogP) is 3.67. The summed E-state index contributed by atoms with van der Waals surface area (Å²) in [6.07, 6.45) is 2.43. The van der Waals surface area contributed by atoms with Crippen LogP contribution >= 0.6 is 0 Å². The molecule has 1 aliphatic heterocycles. The molecular formula is C18H20NO. The molecule has 1 N–H and O–H groups in total. The molecular weight excluding hydrogens is 246 g/mol. The molecule has 0 amide bonds. The lowest BCUT2D eigenvalue weighted by Gasteiger charge is -2.30. The molecule has 2 heteroatoms. The van der Waals surface area contributed by atoms with E-state index in [2.05, 4.69) is 42.6 Å². The first kappa shape index (κ1) is 13.2. The molecule has 2 aromatic carbocycles. The quantitative estimate of drug-likeness (QED) is 0.915. The number of ether oxygens (including phenoxy) is 1. The van der Waals surface area contributed by atoms with Crippen LogP contribution in [0.25, 0.3) is 0 Å². The van der Waals surface area contributed by atoms with Crippen molar-refractivity contribution in [2.24, 2.45) is 0 Å². The minimum absolute atomic E-state index is 0.261. The number of aryl methyl sites for hydroxylation is 1. The van der Waals surface area contributed by atoms with Gasteiger partial charge < -0.3 is 10.1 Å². The molecule has 1 saturated heterocycles. The van der Waals surface area contributed by atoms with Gasteiger partial charge in [0, 0.05) is 12.6 Å². The Morgan fingerprint density at radius 1 is 1.15 bits per heavy atom. The van der Waals surface area contributed by atoms with Gasteiger partial charge in [0.25, 0.3) is 0 Å². The van der Waals surface area contributed by atoms with Gasteiger partial charge in [0.15, 0.2) is 0 Å². The van der Waals surface area contributed by atoms with E-state index >= 15 is 0 Å². The van der Waals surface area contributed by atoms with Crippen LogP contribution < -0.4 is 10.1 Å². The highest BCUT2D eigenvalue weighted by atomic mass is 16.5. The summed E-state index contributed by atoms with van der Waals surface area (Å²) < 4.78 is 6.05. The van der Waals surface area contributed by atoms with Crippen LogP contribution in [0.2, 0.25) is 0 Å². The molecule has 2 nitrogen and oxygen atoms in total. The molecule has 3 rings (SSSR count). The number of nitrogens with one attached hydrogen (secondary N) is 1. The molecule has 1 fully saturated rings. The Kier molecular flexibility index (Phi) is 4.03. The van der Waals surface area contributed by atoms with Gasteiger partial charge in [0.05, 0.1) is 0 Å². The molecule has 1 heterocycles. The van der Waals surface area contributed by atoms with Crippen molar-refractivity contribution in [3.63, 3.8) is 0 Å². The van der Waals surface area contributed by atoms with Crippen LogP contribution in [0, 0.1) is 13.0 Å². The monoisotopic (exact) mass is 266 g/mol. The Morgan fingerprint density at radius 3 is 2.80 bits per heavy atom. The van der Waals surface area contributed by atoms with E-state index in [9.17, 15) is 0 Å². The van der Waals surface area contributed by atoms with Gasteiger partial charge in [-0.2, -0.15) is 0 Å². The zero-order valence-electron chi connectivity index (χ0n) is 11.8. The van der Waals surface area contributed by atoms with E-state index < -0.39 is 0 Å². The van der Waals surface area contributed by atoms with Gasteiger partial charge in [-0.1, -0.05) is 36.4 Å². The second-order valence-electron chi connectivity index (χ2n) is 5.41. The number of hydrogen-bond donors (Lipinski definition) is 1. The van der Waals surface area contributed by atoms with Crippen molar-refractivity contribution in [3.8, 4) is 5.75 Å². The lowest BCUT2D eigenvalue weighted by molar-refractivity contribution is 0.149. The summed E-state index contributed by atoms with van der Waals surface area (Å²) in [4.78, 5) is 0. The number of piperidine rings is 1. The van der Waals surface area contributed by atoms with E-state index in [1.807, 2.05) is 24.3 Å². The Balaban J connectivity index is 1.56. The van der Waals surface area contributed by atoms with Gasteiger partial charge in [-0.3, -0.25) is 0 Å². The number of hydrogen-bond acceptors (Lipinski definition) is 2. The molecule has 0 aromatic heterocycles. The molecule has 1 radical (unpaired) electrons. The van der Waals surface area contributed by atoms with Crippen LogP contribution in [0.3, 0.4) is 0 Å². The fourth-order valence-electron chi connectivity index (χ4n) is 2.70. The predicted molar refractivity (Wildman–Crippen MR) is 80.9 cm³/mol. The van der Waals surface area contributed by atoms with Crippen molar-refractivity contribution < 1.29 is 4.74 Å². The first-order valence-electron chi connectivity index (χ1n) is 7.24. The first-order valence-corrected chi connectivity index (χ1v) is 7.24. The fraction of sp³-hybridized carbons (Fsp3) is 0.333. The normalized spacial score (nSPS) is 22.4. The standard InChI is InChI=1S/C18H20NO/c1-14-6-5-9-16(12-14)20-17-10-11-18(19-13-17)15-7-3-2-4-8-15/h2-7,9,12,17-19H,10-11,13H2,1H3. The Morgan fingerprint density at radius 2 is 2.10 bits per heavy atom. The SMILES string of the molecule is Cc1cccc(OC2CCC(c3[c]cccc3)NC2)c1. The summed E-state index contributed by atoms with van der Waals surface area (Å²) in [5.41, 5.74) is 2.49. The molecule has 0 spiro atoms. The zero-order valence-corrected chi connectivity index (χ0v) is 11.8. The van der Waals surface area contributed by atoms with Gasteiger partial charge in [-0.05, 0) is 49.1 Å². The highest BCUT2D eigenvalue weighted by molar-refractivity contribution is 5.27. The van der Waals surface area contributed by atoms with Gasteiger partial charge in [0.1, 0.15) is 11.9 Å². The van der Waals surface area contributed by atoms with Crippen molar-refractivity contribution in [1.82, 2.24) is 5.32 Å². The summed E-state index contributed by atoms with van der Waals surface area (Å²) in [7, 11) is 0. The topological polar surface area (TPSA) is 21.3 Å². The average Bonchev–Trinajstić information content (AvgIpc) is 2.49. The van der Waals surface area contributed by atoms with Crippen molar-refractivity contribution in [2.75, 3.05) is 6.54 Å². The minimum atomic E-state index is 0.261. The first-order chi connectivity index (χ1) is 9.81. The summed E-state index contributed by atoms with van der Waals surface area (Å²) in [5, 5.41) is 3.56. The Labute approximate surface area is 120 Å². The van der Waals surface area contributed by atoms with Gasteiger partial charge in [-0.25, -0.2) is 0 Å². The molecule has 0 aliphatic carbocycles. The highest BCUT2D eigenvalue weighted by Gasteiger charge is 2.22. The number of benzene rings is 2. The van der Waals surface area contributed by atoms with Gasteiger partial charge in [-0.15, -0.1) is 0 Å². The van der Waals surface area contributed by atoms with Crippen molar-refractivity contribution in [3.05, 3.63) is 65.7 Å². The average molecular weight is 266 g/mol. The van der Waals surface area contributed by atoms with Crippen LogP contribution in [-0.2, 0) is 0 Å². The maximum absolute atomic E-state index is 6.05. The van der Waals surface area contributed by atoms with Crippen molar-refractivity contribution >= 4 is 0 Å². The van der Waals surface area contributed by atoms with Crippen LogP contribution in [0.5, 0.6) is 5.75 Å². The third-order valence-electron chi connectivity index (χ3n) is 3.77. The maximum Gasteiger partial charge on any atom is 0.120 e. The lowest BCUT2D eigenvalue weighted by atomic mass is 9.96. The third kappa shape index (κ3) is 3.20. The lowest BCUT2D eigenvalue weighted by Crippen LogP contribution is -2.39.